The van der Waals surface area contributed by atoms with Gasteiger partial charge in [0.2, 0.25) is 11.8 Å². The Hall–Kier alpha value is -3.64. The highest BCUT2D eigenvalue weighted by Gasteiger charge is 2.56. The Morgan fingerprint density at radius 2 is 2.07 bits per heavy atom. The molecule has 0 saturated carbocycles. The normalized spacial score (nSPS) is 26.7. The van der Waals surface area contributed by atoms with Gasteiger partial charge in [0.15, 0.2) is 0 Å². The summed E-state index contributed by atoms with van der Waals surface area (Å²) in [5.74, 6) is 1.23. The lowest BCUT2D eigenvalue weighted by Crippen LogP contribution is -2.55. The summed E-state index contributed by atoms with van der Waals surface area (Å²) in [5.41, 5.74) is 2.96. The van der Waals surface area contributed by atoms with Crippen molar-refractivity contribution in [3.8, 4) is 18.0 Å². The molecule has 0 unspecified atom stereocenters. The molecule has 1 spiro atoms. The number of carbonyl (C=O) groups excluding carboxylic acids is 1. The van der Waals surface area contributed by atoms with Crippen LogP contribution in [0.15, 0.2) is 36.9 Å². The predicted octanol–water partition coefficient (Wildman–Crippen LogP) is 3.87. The number of ether oxygens (including phenoxy) is 2. The molecule has 3 aliphatic heterocycles. The molecule has 0 N–H and O–H groups in total. The lowest BCUT2D eigenvalue weighted by atomic mass is 9.71. The molecule has 1 aromatic carbocycles. The van der Waals surface area contributed by atoms with Crippen molar-refractivity contribution in [1.82, 2.24) is 19.8 Å². The second-order valence-corrected chi connectivity index (χ2v) is 12.5. The fourth-order valence-corrected chi connectivity index (χ4v) is 7.39. The Labute approximate surface area is 242 Å². The van der Waals surface area contributed by atoms with E-state index in [1.807, 2.05) is 0 Å². The molecule has 9 heteroatoms. The molecule has 2 aromatic rings. The molecule has 9 nitrogen and oxygen atoms in total. The van der Waals surface area contributed by atoms with Crippen LogP contribution in [-0.4, -0.2) is 77.6 Å². The maximum absolute atomic E-state index is 12.5. The Bertz CT molecular complexity index is 1390. The van der Waals surface area contributed by atoms with Gasteiger partial charge in [-0.25, -0.2) is 0 Å². The van der Waals surface area contributed by atoms with Crippen molar-refractivity contribution in [3.05, 3.63) is 53.6 Å². The summed E-state index contributed by atoms with van der Waals surface area (Å²) in [6.07, 6.45) is 6.36. The number of likely N-dealkylation sites (N-methyl/N-ethyl adjacent to an activating group) is 1. The molecule has 1 amide bonds. The smallest absolute Gasteiger partial charge is 0.321 e. The molecule has 2 fully saturated rings. The van der Waals surface area contributed by atoms with E-state index in [-0.39, 0.29) is 23.8 Å². The quantitative estimate of drug-likeness (QED) is 0.495. The number of piperazine rings is 1. The highest BCUT2D eigenvalue weighted by atomic mass is 16.5. The fraction of sp³-hybridized carbons (Fsp3) is 0.562. The van der Waals surface area contributed by atoms with E-state index in [2.05, 4.69) is 67.6 Å². The lowest BCUT2D eigenvalue weighted by Gasteiger charge is -2.46. The van der Waals surface area contributed by atoms with E-state index in [4.69, 9.17) is 19.4 Å². The molecular formula is C32H40N6O3. The van der Waals surface area contributed by atoms with Crippen molar-refractivity contribution in [2.24, 2.45) is 5.41 Å². The van der Waals surface area contributed by atoms with Crippen LogP contribution >= 0.6 is 0 Å². The Morgan fingerprint density at radius 1 is 1.24 bits per heavy atom. The van der Waals surface area contributed by atoms with Gasteiger partial charge in [-0.15, -0.1) is 0 Å². The van der Waals surface area contributed by atoms with Crippen LogP contribution in [0.2, 0.25) is 0 Å². The maximum atomic E-state index is 12.5. The molecule has 216 valence electrons. The maximum Gasteiger partial charge on any atom is 0.321 e. The Balaban J connectivity index is 1.37. The third-order valence-electron chi connectivity index (χ3n) is 9.75. The lowest BCUT2D eigenvalue weighted by molar-refractivity contribution is -0.128. The van der Waals surface area contributed by atoms with Crippen LogP contribution in [-0.2, 0) is 23.2 Å². The monoisotopic (exact) mass is 556 g/mol. The summed E-state index contributed by atoms with van der Waals surface area (Å²) in [5, 5.41) is 9.52. The predicted molar refractivity (Wildman–Crippen MR) is 156 cm³/mol. The zero-order chi connectivity index (χ0) is 28.8. The minimum Gasteiger partial charge on any atom is -0.465 e. The van der Waals surface area contributed by atoms with Gasteiger partial charge in [-0.2, -0.15) is 15.2 Å². The van der Waals surface area contributed by atoms with Crippen LogP contribution in [0.5, 0.6) is 11.9 Å². The number of anilines is 1. The van der Waals surface area contributed by atoms with Gasteiger partial charge in [-0.05, 0) is 62.9 Å². The summed E-state index contributed by atoms with van der Waals surface area (Å²) >= 11 is 0. The minimum absolute atomic E-state index is 0.109. The van der Waals surface area contributed by atoms with Gasteiger partial charge in [-0.3, -0.25) is 4.79 Å². The van der Waals surface area contributed by atoms with E-state index < -0.39 is 5.60 Å². The van der Waals surface area contributed by atoms with Crippen LogP contribution in [0.4, 0.5) is 5.82 Å². The summed E-state index contributed by atoms with van der Waals surface area (Å²) in [7, 11) is 2.13. The van der Waals surface area contributed by atoms with Crippen molar-refractivity contribution in [1.29, 1.82) is 5.26 Å². The average Bonchev–Trinajstić information content (AvgIpc) is 3.47. The Kier molecular flexibility index (Phi) is 7.14. The molecule has 6 rings (SSSR count). The zero-order valence-corrected chi connectivity index (χ0v) is 24.4. The van der Waals surface area contributed by atoms with Crippen molar-refractivity contribution in [3.63, 3.8) is 0 Å². The van der Waals surface area contributed by atoms with Gasteiger partial charge in [0, 0.05) is 31.1 Å². The van der Waals surface area contributed by atoms with Crippen LogP contribution < -0.4 is 14.4 Å². The standard InChI is InChI=1S/C32H40N6O3/c1-5-27(39)38-18-17-37(20-23(38)13-15-33)28-25-12-14-32(26-11-7-6-9-22(26)19-31(32,2)3)41-29(25)35-30(34-28)40-21-24-10-8-16-36(24)4/h5-7,9,11,23-24H,1,8,10,12-14,16-21H2,2-4H3/t23-,24-,32-/m0/s1. The molecule has 2 saturated heterocycles. The first kappa shape index (κ1) is 27.5. The van der Waals surface area contributed by atoms with Gasteiger partial charge >= 0.3 is 6.01 Å². The first-order chi connectivity index (χ1) is 19.8. The van der Waals surface area contributed by atoms with Crippen LogP contribution in [0.25, 0.3) is 0 Å². The summed E-state index contributed by atoms with van der Waals surface area (Å²) in [4.78, 5) is 28.6. The van der Waals surface area contributed by atoms with Crippen molar-refractivity contribution >= 4 is 11.7 Å². The highest BCUT2D eigenvalue weighted by Crippen LogP contribution is 2.57. The number of likely N-dealkylation sites (tertiary alicyclic amines) is 1. The molecule has 1 aromatic heterocycles. The van der Waals surface area contributed by atoms with E-state index >= 15 is 0 Å². The summed E-state index contributed by atoms with van der Waals surface area (Å²) in [6, 6.07) is 11.3. The second kappa shape index (κ2) is 10.6. The Morgan fingerprint density at radius 3 is 2.83 bits per heavy atom. The van der Waals surface area contributed by atoms with Crippen LogP contribution in [0.1, 0.15) is 56.2 Å². The number of hydrogen-bond acceptors (Lipinski definition) is 8. The number of rotatable bonds is 6. The van der Waals surface area contributed by atoms with Crippen molar-refractivity contribution < 1.29 is 14.3 Å². The number of fused-ring (bicyclic) bond motifs is 3. The van der Waals surface area contributed by atoms with E-state index in [1.165, 1.54) is 17.2 Å². The van der Waals surface area contributed by atoms with E-state index in [9.17, 15) is 10.1 Å². The molecule has 1 aliphatic carbocycles. The van der Waals surface area contributed by atoms with E-state index in [0.29, 0.717) is 44.2 Å². The second-order valence-electron chi connectivity index (χ2n) is 12.5. The largest absolute Gasteiger partial charge is 0.465 e. The molecule has 4 heterocycles. The van der Waals surface area contributed by atoms with Gasteiger partial charge in [0.05, 0.1) is 24.1 Å². The zero-order valence-electron chi connectivity index (χ0n) is 24.4. The first-order valence-corrected chi connectivity index (χ1v) is 14.8. The molecule has 41 heavy (non-hydrogen) atoms. The number of amides is 1. The van der Waals surface area contributed by atoms with Crippen molar-refractivity contribution in [2.75, 3.05) is 44.7 Å². The van der Waals surface area contributed by atoms with Crippen molar-refractivity contribution in [2.45, 2.75) is 70.1 Å². The molecule has 3 atom stereocenters. The topological polar surface area (TPSA) is 94.8 Å². The minimum atomic E-state index is -0.483. The fourth-order valence-electron chi connectivity index (χ4n) is 7.39. The number of benzene rings is 1. The molecule has 0 radical (unpaired) electrons. The van der Waals surface area contributed by atoms with E-state index in [0.717, 1.165) is 50.0 Å². The van der Waals surface area contributed by atoms with Gasteiger partial charge in [0.1, 0.15) is 18.0 Å². The number of hydrogen-bond donors (Lipinski definition) is 0. The SMILES string of the molecule is C=CC(=O)N1CCN(c2nc(OC[C@@H]3CCCN3C)nc3c2CC[C@]2(O3)c3ccccc3CC2(C)C)C[C@@H]1CC#N. The van der Waals surface area contributed by atoms with E-state index in [1.54, 1.807) is 4.90 Å². The molecule has 4 aliphatic rings. The van der Waals surface area contributed by atoms with Gasteiger partial charge in [0.25, 0.3) is 0 Å². The van der Waals surface area contributed by atoms with Gasteiger partial charge < -0.3 is 24.2 Å². The van der Waals surface area contributed by atoms with Crippen LogP contribution in [0.3, 0.4) is 0 Å². The highest BCUT2D eigenvalue weighted by molar-refractivity contribution is 5.87. The first-order valence-electron chi connectivity index (χ1n) is 14.8. The number of carbonyl (C=O) groups is 1. The number of nitrogens with zero attached hydrogens (tertiary/aromatic N) is 6. The average molecular weight is 557 g/mol. The summed E-state index contributed by atoms with van der Waals surface area (Å²) < 4.78 is 13.3. The number of aromatic nitrogens is 2. The molecular weight excluding hydrogens is 516 g/mol. The van der Waals surface area contributed by atoms with Gasteiger partial charge in [-0.1, -0.05) is 44.7 Å². The third kappa shape index (κ3) is 4.72. The van der Waals surface area contributed by atoms with Crippen LogP contribution in [0, 0.1) is 16.7 Å². The molecule has 0 bridgehead atoms. The third-order valence-corrected chi connectivity index (χ3v) is 9.75. The number of nitriles is 1. The summed E-state index contributed by atoms with van der Waals surface area (Å²) in [6.45, 7) is 11.4.